The van der Waals surface area contributed by atoms with E-state index in [-0.39, 0.29) is 17.2 Å². The van der Waals surface area contributed by atoms with Gasteiger partial charge in [-0.05, 0) is 24.3 Å². The van der Waals surface area contributed by atoms with Crippen LogP contribution in [0.2, 0.25) is 0 Å². The topological polar surface area (TPSA) is 77.3 Å². The molecule has 0 unspecified atom stereocenters. The highest BCUT2D eigenvalue weighted by molar-refractivity contribution is 5.76. The number of esters is 2. The molecule has 0 bridgehead atoms. The van der Waals surface area contributed by atoms with E-state index in [9.17, 15) is 9.59 Å². The van der Waals surface area contributed by atoms with Crippen LogP contribution in [0.15, 0.2) is 58.8 Å². The molecule has 112 valence electrons. The highest BCUT2D eigenvalue weighted by atomic mass is 16.5. The monoisotopic (exact) mass is 298 g/mol. The van der Waals surface area contributed by atoms with Crippen molar-refractivity contribution in [3.63, 3.8) is 0 Å². The normalized spacial score (nSPS) is 10.5. The number of carbonyl (C=O) groups is 2. The minimum absolute atomic E-state index is 0.172. The Kier molecular flexibility index (Phi) is 4.98. The molecule has 0 saturated heterocycles. The molecular formula is C16H14N2O4. The molecule has 0 radical (unpaired) electrons. The van der Waals surface area contributed by atoms with Crippen LogP contribution in [0.5, 0.6) is 11.5 Å². The van der Waals surface area contributed by atoms with Crippen LogP contribution in [0.1, 0.15) is 13.8 Å². The smallest absolute Gasteiger partial charge is 0.308 e. The lowest BCUT2D eigenvalue weighted by molar-refractivity contribution is -0.132. The summed E-state index contributed by atoms with van der Waals surface area (Å²) >= 11 is 0. The van der Waals surface area contributed by atoms with Crippen molar-refractivity contribution in [1.82, 2.24) is 0 Å². The zero-order chi connectivity index (χ0) is 15.9. The predicted octanol–water partition coefficient (Wildman–Crippen LogP) is 3.95. The van der Waals surface area contributed by atoms with E-state index in [1.54, 1.807) is 30.3 Å². The standard InChI is InChI=1S/C16H14N2O4/c1-11(19)21-14-9-6-10-15(22-12(2)20)16(14)18-17-13-7-4-3-5-8-13/h3-10H,1-2H3. The number of rotatable bonds is 4. The van der Waals surface area contributed by atoms with Crippen molar-refractivity contribution in [3.8, 4) is 11.5 Å². The summed E-state index contributed by atoms with van der Waals surface area (Å²) in [7, 11) is 0. The summed E-state index contributed by atoms with van der Waals surface area (Å²) in [6.45, 7) is 2.55. The first-order valence-corrected chi connectivity index (χ1v) is 6.53. The second-order valence-corrected chi connectivity index (χ2v) is 4.33. The van der Waals surface area contributed by atoms with Crippen LogP contribution in [0.25, 0.3) is 0 Å². The third-order valence-electron chi connectivity index (χ3n) is 2.49. The maximum absolute atomic E-state index is 11.2. The van der Waals surface area contributed by atoms with Crippen LogP contribution in [-0.4, -0.2) is 11.9 Å². The van der Waals surface area contributed by atoms with Gasteiger partial charge in [-0.1, -0.05) is 24.3 Å². The fraction of sp³-hybridized carbons (Fsp3) is 0.125. The molecule has 22 heavy (non-hydrogen) atoms. The molecule has 0 aliphatic rings. The predicted molar refractivity (Wildman–Crippen MR) is 79.7 cm³/mol. The van der Waals surface area contributed by atoms with Crippen molar-refractivity contribution in [1.29, 1.82) is 0 Å². The Bertz CT molecular complexity index is 677. The summed E-state index contributed by atoms with van der Waals surface area (Å²) in [6, 6.07) is 13.7. The molecule has 6 heteroatoms. The van der Waals surface area contributed by atoms with Gasteiger partial charge in [-0.3, -0.25) is 9.59 Å². The molecule has 0 spiro atoms. The van der Waals surface area contributed by atoms with Gasteiger partial charge in [0.1, 0.15) is 0 Å². The van der Waals surface area contributed by atoms with Crippen LogP contribution in [0.4, 0.5) is 11.4 Å². The Morgan fingerprint density at radius 1 is 0.773 bits per heavy atom. The Morgan fingerprint density at radius 2 is 1.32 bits per heavy atom. The second kappa shape index (κ2) is 7.12. The largest absolute Gasteiger partial charge is 0.424 e. The number of azo groups is 1. The van der Waals surface area contributed by atoms with Crippen molar-refractivity contribution >= 4 is 23.3 Å². The molecule has 0 atom stereocenters. The molecule has 0 heterocycles. The lowest BCUT2D eigenvalue weighted by atomic mass is 10.2. The molecule has 6 nitrogen and oxygen atoms in total. The van der Waals surface area contributed by atoms with Crippen LogP contribution >= 0.6 is 0 Å². The van der Waals surface area contributed by atoms with Gasteiger partial charge in [-0.15, -0.1) is 5.11 Å². The molecule has 0 amide bonds. The van der Waals surface area contributed by atoms with Crippen LogP contribution < -0.4 is 9.47 Å². The summed E-state index contributed by atoms with van der Waals surface area (Å²) in [5, 5.41) is 8.11. The molecule has 0 aliphatic carbocycles. The minimum atomic E-state index is -0.504. The number of hydrogen-bond acceptors (Lipinski definition) is 6. The first-order chi connectivity index (χ1) is 10.6. The minimum Gasteiger partial charge on any atom is -0.424 e. The van der Waals surface area contributed by atoms with E-state index in [0.717, 1.165) is 0 Å². The Morgan fingerprint density at radius 3 is 1.82 bits per heavy atom. The summed E-state index contributed by atoms with van der Waals surface area (Å²) in [6.07, 6.45) is 0. The zero-order valence-corrected chi connectivity index (χ0v) is 12.1. The van der Waals surface area contributed by atoms with Crippen molar-refractivity contribution in [2.45, 2.75) is 13.8 Å². The van der Waals surface area contributed by atoms with Crippen LogP contribution in [-0.2, 0) is 9.59 Å². The molecule has 2 rings (SSSR count). The fourth-order valence-corrected chi connectivity index (χ4v) is 1.68. The Hall–Kier alpha value is -3.02. The Labute approximate surface area is 127 Å². The lowest BCUT2D eigenvalue weighted by Gasteiger charge is -2.09. The van der Waals surface area contributed by atoms with E-state index in [4.69, 9.17) is 9.47 Å². The van der Waals surface area contributed by atoms with E-state index in [1.807, 2.05) is 18.2 Å². The van der Waals surface area contributed by atoms with Gasteiger partial charge in [0.05, 0.1) is 5.69 Å². The van der Waals surface area contributed by atoms with Crippen molar-refractivity contribution in [2.24, 2.45) is 10.2 Å². The van der Waals surface area contributed by atoms with Crippen LogP contribution in [0, 0.1) is 0 Å². The molecule has 0 saturated carbocycles. The van der Waals surface area contributed by atoms with Gasteiger partial charge in [-0.2, -0.15) is 5.11 Å². The van der Waals surface area contributed by atoms with E-state index in [0.29, 0.717) is 5.69 Å². The van der Waals surface area contributed by atoms with Gasteiger partial charge >= 0.3 is 11.9 Å². The molecule has 0 aromatic heterocycles. The third kappa shape index (κ3) is 4.24. The zero-order valence-electron chi connectivity index (χ0n) is 12.1. The quantitative estimate of drug-likeness (QED) is 0.486. The lowest BCUT2D eigenvalue weighted by Crippen LogP contribution is -2.04. The number of ether oxygens (including phenoxy) is 2. The van der Waals surface area contributed by atoms with Gasteiger partial charge in [0.2, 0.25) is 0 Å². The molecule has 0 fully saturated rings. The Balaban J connectivity index is 2.42. The first kappa shape index (κ1) is 15.4. The summed E-state index contributed by atoms with van der Waals surface area (Å²) < 4.78 is 10.1. The summed E-state index contributed by atoms with van der Waals surface area (Å²) in [5.74, 6) is -0.663. The average molecular weight is 298 g/mol. The van der Waals surface area contributed by atoms with E-state index >= 15 is 0 Å². The highest BCUT2D eigenvalue weighted by Crippen LogP contribution is 2.38. The van der Waals surface area contributed by atoms with Crippen molar-refractivity contribution in [2.75, 3.05) is 0 Å². The fourth-order valence-electron chi connectivity index (χ4n) is 1.68. The second-order valence-electron chi connectivity index (χ2n) is 4.33. The first-order valence-electron chi connectivity index (χ1n) is 6.53. The maximum Gasteiger partial charge on any atom is 0.308 e. The summed E-state index contributed by atoms with van der Waals surface area (Å²) in [5.41, 5.74) is 0.797. The van der Waals surface area contributed by atoms with Crippen molar-refractivity contribution < 1.29 is 19.1 Å². The van der Waals surface area contributed by atoms with Gasteiger partial charge < -0.3 is 9.47 Å². The van der Waals surface area contributed by atoms with Crippen molar-refractivity contribution in [3.05, 3.63) is 48.5 Å². The molecular weight excluding hydrogens is 284 g/mol. The SMILES string of the molecule is CC(=O)Oc1cccc(OC(C)=O)c1N=Nc1ccccc1. The average Bonchev–Trinajstić information content (AvgIpc) is 2.46. The summed E-state index contributed by atoms with van der Waals surface area (Å²) in [4.78, 5) is 22.3. The number of benzene rings is 2. The molecule has 2 aromatic carbocycles. The van der Waals surface area contributed by atoms with E-state index in [2.05, 4.69) is 10.2 Å². The van der Waals surface area contributed by atoms with E-state index in [1.165, 1.54) is 13.8 Å². The van der Waals surface area contributed by atoms with Crippen LogP contribution in [0.3, 0.4) is 0 Å². The highest BCUT2D eigenvalue weighted by Gasteiger charge is 2.14. The van der Waals surface area contributed by atoms with Gasteiger partial charge in [0.15, 0.2) is 17.2 Å². The number of hydrogen-bond donors (Lipinski definition) is 0. The molecule has 0 N–H and O–H groups in total. The van der Waals surface area contributed by atoms with Gasteiger partial charge in [0.25, 0.3) is 0 Å². The van der Waals surface area contributed by atoms with E-state index < -0.39 is 11.9 Å². The molecule has 2 aromatic rings. The maximum atomic E-state index is 11.2. The van der Waals surface area contributed by atoms with Gasteiger partial charge in [-0.25, -0.2) is 0 Å². The van der Waals surface area contributed by atoms with Gasteiger partial charge in [0, 0.05) is 13.8 Å². The number of carbonyl (C=O) groups excluding carboxylic acids is 2. The number of nitrogens with zero attached hydrogens (tertiary/aromatic N) is 2. The molecule has 0 aliphatic heterocycles. The third-order valence-corrected chi connectivity index (χ3v) is 2.49.